The van der Waals surface area contributed by atoms with Gasteiger partial charge in [-0.1, -0.05) is 35.3 Å². The van der Waals surface area contributed by atoms with Crippen molar-refractivity contribution < 1.29 is 13.9 Å². The lowest BCUT2D eigenvalue weighted by Crippen LogP contribution is -2.28. The maximum absolute atomic E-state index is 13.1. The number of rotatable bonds is 2. The number of carbonyl (C=O) groups is 1. The van der Waals surface area contributed by atoms with Gasteiger partial charge in [-0.2, -0.15) is 0 Å². The molecule has 0 spiro atoms. The predicted molar refractivity (Wildman–Crippen MR) is 108 cm³/mol. The molecule has 0 N–H and O–H groups in total. The van der Waals surface area contributed by atoms with Gasteiger partial charge in [-0.15, -0.1) is 0 Å². The lowest BCUT2D eigenvalue weighted by Gasteiger charge is -2.18. The Morgan fingerprint density at radius 3 is 2.37 bits per heavy atom. The number of esters is 1. The summed E-state index contributed by atoms with van der Waals surface area (Å²) in [5.74, 6) is -0.645. The molecule has 0 bridgehead atoms. The number of ether oxygens (including phenoxy) is 1. The number of halogens is 2. The zero-order valence-corrected chi connectivity index (χ0v) is 16.9. The van der Waals surface area contributed by atoms with E-state index in [0.29, 0.717) is 21.2 Å². The van der Waals surface area contributed by atoms with Crippen LogP contribution in [0.1, 0.15) is 26.3 Å². The highest BCUT2D eigenvalue weighted by molar-refractivity contribution is 6.33. The van der Waals surface area contributed by atoms with Gasteiger partial charge in [0.2, 0.25) is 11.2 Å². The smallest absolute Gasteiger partial charge is 0.316 e. The van der Waals surface area contributed by atoms with E-state index in [1.54, 1.807) is 51.1 Å². The molecule has 0 radical (unpaired) electrons. The number of hydrogen-bond acceptors (Lipinski definition) is 4. The van der Waals surface area contributed by atoms with Crippen LogP contribution in [0.5, 0.6) is 5.75 Å². The highest BCUT2D eigenvalue weighted by Gasteiger charge is 2.28. The molecule has 3 aromatic rings. The van der Waals surface area contributed by atoms with Crippen LogP contribution in [0.2, 0.25) is 10.0 Å². The summed E-state index contributed by atoms with van der Waals surface area (Å²) in [6.45, 7) is 6.92. The minimum absolute atomic E-state index is 0.109. The summed E-state index contributed by atoms with van der Waals surface area (Å²) in [5, 5.41) is 1.03. The van der Waals surface area contributed by atoms with Gasteiger partial charge in [0, 0.05) is 10.6 Å². The summed E-state index contributed by atoms with van der Waals surface area (Å²) < 4.78 is 11.5. The van der Waals surface area contributed by atoms with Crippen molar-refractivity contribution in [2.24, 2.45) is 5.41 Å². The Morgan fingerprint density at radius 2 is 1.74 bits per heavy atom. The molecule has 140 valence electrons. The highest BCUT2D eigenvalue weighted by Crippen LogP contribution is 2.37. The van der Waals surface area contributed by atoms with Crippen LogP contribution in [-0.2, 0) is 4.79 Å². The standard InChI is InChI=1S/C21H18Cl2O4/c1-11-9-16-13(10-15(11)23)17(24)19(27-20(25)21(2,3)4)18(26-16)12-7-5-6-8-14(12)22/h5-10H,1-4H3. The first-order valence-corrected chi connectivity index (χ1v) is 9.09. The van der Waals surface area contributed by atoms with E-state index in [1.807, 2.05) is 6.92 Å². The Bertz CT molecular complexity index is 1110. The van der Waals surface area contributed by atoms with E-state index in [2.05, 4.69) is 0 Å². The monoisotopic (exact) mass is 404 g/mol. The fourth-order valence-electron chi connectivity index (χ4n) is 2.46. The third-order valence-electron chi connectivity index (χ3n) is 4.06. The van der Waals surface area contributed by atoms with Gasteiger partial charge in [-0.05, 0) is 57.5 Å². The molecule has 0 saturated carbocycles. The number of benzene rings is 2. The van der Waals surface area contributed by atoms with E-state index in [-0.39, 0.29) is 16.9 Å². The quantitative estimate of drug-likeness (QED) is 0.489. The third-order valence-corrected chi connectivity index (χ3v) is 4.79. The van der Waals surface area contributed by atoms with Gasteiger partial charge in [0.1, 0.15) is 5.58 Å². The lowest BCUT2D eigenvalue weighted by atomic mass is 9.97. The Kier molecular flexibility index (Phi) is 5.06. The average Bonchev–Trinajstić information content (AvgIpc) is 2.59. The minimum atomic E-state index is -0.802. The number of carbonyl (C=O) groups excluding carboxylic acids is 1. The first-order valence-electron chi connectivity index (χ1n) is 8.33. The second-order valence-electron chi connectivity index (χ2n) is 7.31. The number of aryl methyl sites for hydroxylation is 1. The summed E-state index contributed by atoms with van der Waals surface area (Å²) in [6.07, 6.45) is 0. The highest BCUT2D eigenvalue weighted by atomic mass is 35.5. The molecule has 3 rings (SSSR count). The summed E-state index contributed by atoms with van der Waals surface area (Å²) in [6, 6.07) is 10.1. The molecule has 0 saturated heterocycles. The van der Waals surface area contributed by atoms with E-state index in [0.717, 1.165) is 5.56 Å². The summed E-state index contributed by atoms with van der Waals surface area (Å²) in [5.41, 5.74) is 0.279. The molecule has 1 aromatic heterocycles. The van der Waals surface area contributed by atoms with Crippen LogP contribution in [-0.4, -0.2) is 5.97 Å². The molecule has 2 aromatic carbocycles. The molecule has 0 aliphatic carbocycles. The zero-order valence-electron chi connectivity index (χ0n) is 15.4. The molecule has 0 aliphatic rings. The van der Waals surface area contributed by atoms with Gasteiger partial charge in [0.15, 0.2) is 5.76 Å². The first kappa shape index (κ1) is 19.5. The molecule has 0 fully saturated rings. The number of fused-ring (bicyclic) bond motifs is 1. The van der Waals surface area contributed by atoms with E-state index in [4.69, 9.17) is 32.4 Å². The molecule has 6 heteroatoms. The van der Waals surface area contributed by atoms with E-state index >= 15 is 0 Å². The normalized spacial score (nSPS) is 11.6. The summed E-state index contributed by atoms with van der Waals surface area (Å²) in [4.78, 5) is 25.6. The van der Waals surface area contributed by atoms with Gasteiger partial charge >= 0.3 is 5.97 Å². The van der Waals surface area contributed by atoms with Crippen molar-refractivity contribution in [3.05, 3.63) is 62.2 Å². The van der Waals surface area contributed by atoms with Crippen molar-refractivity contribution in [3.8, 4) is 17.1 Å². The van der Waals surface area contributed by atoms with Crippen molar-refractivity contribution in [2.75, 3.05) is 0 Å². The Hall–Kier alpha value is -2.30. The van der Waals surface area contributed by atoms with Gasteiger partial charge in [-0.3, -0.25) is 9.59 Å². The number of hydrogen-bond donors (Lipinski definition) is 0. The van der Waals surface area contributed by atoms with E-state index in [9.17, 15) is 9.59 Å². The van der Waals surface area contributed by atoms with Crippen molar-refractivity contribution in [3.63, 3.8) is 0 Å². The minimum Gasteiger partial charge on any atom is -0.452 e. The molecular weight excluding hydrogens is 387 g/mol. The maximum atomic E-state index is 13.1. The summed E-state index contributed by atoms with van der Waals surface area (Å²) >= 11 is 12.5. The summed E-state index contributed by atoms with van der Waals surface area (Å²) in [7, 11) is 0. The molecule has 4 nitrogen and oxygen atoms in total. The molecule has 0 amide bonds. The SMILES string of the molecule is Cc1cc2oc(-c3ccccc3Cl)c(OC(=O)C(C)(C)C)c(=O)c2cc1Cl. The van der Waals surface area contributed by atoms with Crippen LogP contribution in [0.15, 0.2) is 45.6 Å². The van der Waals surface area contributed by atoms with Crippen molar-refractivity contribution in [1.29, 1.82) is 0 Å². The van der Waals surface area contributed by atoms with Crippen LogP contribution < -0.4 is 10.2 Å². The van der Waals surface area contributed by atoms with Crippen LogP contribution in [0.4, 0.5) is 0 Å². The van der Waals surface area contributed by atoms with Crippen molar-refractivity contribution >= 4 is 40.1 Å². The van der Waals surface area contributed by atoms with Gasteiger partial charge in [0.25, 0.3) is 0 Å². The molecule has 27 heavy (non-hydrogen) atoms. The Balaban J connectivity index is 2.36. The van der Waals surface area contributed by atoms with E-state index in [1.165, 1.54) is 6.07 Å². The second-order valence-corrected chi connectivity index (χ2v) is 8.12. The van der Waals surface area contributed by atoms with Crippen LogP contribution in [0.25, 0.3) is 22.3 Å². The first-order chi connectivity index (χ1) is 12.6. The zero-order chi connectivity index (χ0) is 19.9. The van der Waals surface area contributed by atoms with Crippen molar-refractivity contribution in [1.82, 2.24) is 0 Å². The van der Waals surface area contributed by atoms with Crippen molar-refractivity contribution in [2.45, 2.75) is 27.7 Å². The molecular formula is C21H18Cl2O4. The fourth-order valence-corrected chi connectivity index (χ4v) is 2.84. The van der Waals surface area contributed by atoms with E-state index < -0.39 is 16.8 Å². The average molecular weight is 405 g/mol. The predicted octanol–water partition coefficient (Wildman–Crippen LogP) is 6.03. The maximum Gasteiger partial charge on any atom is 0.316 e. The lowest BCUT2D eigenvalue weighted by molar-refractivity contribution is -0.143. The third kappa shape index (κ3) is 3.73. The fraction of sp³-hybridized carbons (Fsp3) is 0.238. The molecule has 1 heterocycles. The Morgan fingerprint density at radius 1 is 1.07 bits per heavy atom. The van der Waals surface area contributed by atoms with Crippen LogP contribution in [0, 0.1) is 12.3 Å². The second kappa shape index (κ2) is 7.02. The Labute approximate surface area is 166 Å². The molecule has 0 unspecified atom stereocenters. The molecule has 0 aliphatic heterocycles. The largest absolute Gasteiger partial charge is 0.452 e. The topological polar surface area (TPSA) is 56.5 Å². The van der Waals surface area contributed by atoms with Gasteiger partial charge in [-0.25, -0.2) is 0 Å². The van der Waals surface area contributed by atoms with Crippen LogP contribution >= 0.6 is 23.2 Å². The molecule has 0 atom stereocenters. The van der Waals surface area contributed by atoms with Gasteiger partial charge < -0.3 is 9.15 Å². The van der Waals surface area contributed by atoms with Crippen LogP contribution in [0.3, 0.4) is 0 Å². The van der Waals surface area contributed by atoms with Gasteiger partial charge in [0.05, 0.1) is 15.8 Å².